The van der Waals surface area contributed by atoms with Crippen molar-refractivity contribution in [2.24, 2.45) is 0 Å². The van der Waals surface area contributed by atoms with Gasteiger partial charge in [0.15, 0.2) is 0 Å². The van der Waals surface area contributed by atoms with Gasteiger partial charge in [-0.15, -0.1) is 0 Å². The summed E-state index contributed by atoms with van der Waals surface area (Å²) in [6.07, 6.45) is 0. The average molecular weight is 359 g/mol. The Bertz CT molecular complexity index is 888. The van der Waals surface area contributed by atoms with Crippen molar-refractivity contribution < 1.29 is 9.59 Å². The number of halogens is 2. The Morgan fingerprint density at radius 1 is 0.708 bits per heavy atom. The number of likely N-dealkylation sites (N-methyl/N-ethyl adjacent to an activating group) is 2. The van der Waals surface area contributed by atoms with Crippen LogP contribution in [-0.2, 0) is 0 Å². The van der Waals surface area contributed by atoms with E-state index in [0.717, 1.165) is 11.4 Å². The first kappa shape index (κ1) is 15.2. The quantitative estimate of drug-likeness (QED) is 0.662. The van der Waals surface area contributed by atoms with Crippen LogP contribution in [0.4, 0.5) is 11.4 Å². The number of rotatable bonds is 0. The number of carbonyl (C=O) groups is 2. The van der Waals surface area contributed by atoms with Crippen molar-refractivity contribution in [1.29, 1.82) is 0 Å². The second-order valence-corrected chi connectivity index (χ2v) is 6.67. The minimum atomic E-state index is -0.205. The van der Waals surface area contributed by atoms with E-state index in [2.05, 4.69) is 0 Å². The summed E-state index contributed by atoms with van der Waals surface area (Å²) in [4.78, 5) is 29.3. The van der Waals surface area contributed by atoms with E-state index in [1.807, 2.05) is 0 Å². The predicted molar refractivity (Wildman–Crippen MR) is 95.4 cm³/mol. The van der Waals surface area contributed by atoms with Crippen LogP contribution in [0.5, 0.6) is 0 Å². The first-order chi connectivity index (χ1) is 11.4. The van der Waals surface area contributed by atoms with Gasteiger partial charge in [-0.2, -0.15) is 0 Å². The number of benzene rings is 2. The first-order valence-corrected chi connectivity index (χ1v) is 8.06. The van der Waals surface area contributed by atoms with Gasteiger partial charge in [-0.05, 0) is 36.4 Å². The summed E-state index contributed by atoms with van der Waals surface area (Å²) in [5.41, 5.74) is 3.19. The number of Topliss-reactive ketones (excluding diaryl/α,β-unsaturated/α-hetero) is 2. The second-order valence-electron chi connectivity index (χ2n) is 5.80. The second kappa shape index (κ2) is 5.10. The number of ketones is 2. The molecule has 2 aliphatic heterocycles. The molecule has 2 aliphatic rings. The Labute approximate surface area is 148 Å². The van der Waals surface area contributed by atoms with Gasteiger partial charge in [-0.25, -0.2) is 0 Å². The van der Waals surface area contributed by atoms with Gasteiger partial charge < -0.3 is 9.80 Å². The summed E-state index contributed by atoms with van der Waals surface area (Å²) in [6.45, 7) is 0. The molecule has 4 rings (SSSR count). The Kier molecular flexibility index (Phi) is 3.24. The maximum atomic E-state index is 12.9. The zero-order valence-corrected chi connectivity index (χ0v) is 14.4. The summed E-state index contributed by atoms with van der Waals surface area (Å²) >= 11 is 12.0. The molecule has 2 aromatic rings. The molecular formula is C18H12Cl2N2O2. The summed E-state index contributed by atoms with van der Waals surface area (Å²) in [7, 11) is 3.55. The van der Waals surface area contributed by atoms with Crippen molar-refractivity contribution in [2.75, 3.05) is 23.9 Å². The molecule has 0 unspecified atom stereocenters. The van der Waals surface area contributed by atoms with E-state index in [4.69, 9.17) is 23.2 Å². The van der Waals surface area contributed by atoms with E-state index in [0.29, 0.717) is 32.6 Å². The SMILES string of the molecule is CN1/C(=C2/C(=O)c3cc(Cl)ccc3N2C)C(=O)c2cc(Cl)ccc21. The molecule has 0 aliphatic carbocycles. The topological polar surface area (TPSA) is 40.6 Å². The molecule has 0 atom stereocenters. The third kappa shape index (κ3) is 1.93. The highest BCUT2D eigenvalue weighted by Gasteiger charge is 2.40. The molecule has 0 saturated heterocycles. The van der Waals surface area contributed by atoms with Crippen molar-refractivity contribution in [3.63, 3.8) is 0 Å². The fourth-order valence-electron chi connectivity index (χ4n) is 3.30. The lowest BCUT2D eigenvalue weighted by molar-refractivity contribution is 0.100. The largest absolute Gasteiger partial charge is 0.339 e. The summed E-state index contributed by atoms with van der Waals surface area (Å²) in [5.74, 6) is -0.409. The van der Waals surface area contributed by atoms with E-state index >= 15 is 0 Å². The number of fused-ring (bicyclic) bond motifs is 2. The number of hydrogen-bond acceptors (Lipinski definition) is 4. The summed E-state index contributed by atoms with van der Waals surface area (Å²) in [5, 5.41) is 0.978. The minimum Gasteiger partial charge on any atom is -0.339 e. The highest BCUT2D eigenvalue weighted by Crippen LogP contribution is 2.42. The monoisotopic (exact) mass is 358 g/mol. The van der Waals surface area contributed by atoms with Crippen LogP contribution >= 0.6 is 23.2 Å². The molecule has 120 valence electrons. The molecule has 24 heavy (non-hydrogen) atoms. The number of nitrogens with zero attached hydrogens (tertiary/aromatic N) is 2. The van der Waals surface area contributed by atoms with Crippen molar-refractivity contribution in [3.8, 4) is 0 Å². The number of allylic oxidation sites excluding steroid dienone is 2. The van der Waals surface area contributed by atoms with Crippen molar-refractivity contribution in [2.45, 2.75) is 0 Å². The lowest BCUT2D eigenvalue weighted by Gasteiger charge is -2.20. The highest BCUT2D eigenvalue weighted by atomic mass is 35.5. The fourth-order valence-corrected chi connectivity index (χ4v) is 3.64. The molecule has 6 heteroatoms. The van der Waals surface area contributed by atoms with E-state index in [1.165, 1.54) is 0 Å². The van der Waals surface area contributed by atoms with Crippen LogP contribution in [0.2, 0.25) is 10.0 Å². The lowest BCUT2D eigenvalue weighted by Crippen LogP contribution is -2.25. The van der Waals surface area contributed by atoms with Gasteiger partial charge in [0.1, 0.15) is 11.4 Å². The normalized spacial score (nSPS) is 19.2. The van der Waals surface area contributed by atoms with Crippen molar-refractivity contribution in [3.05, 3.63) is 69.0 Å². The predicted octanol–water partition coefficient (Wildman–Crippen LogP) is 4.17. The lowest BCUT2D eigenvalue weighted by atomic mass is 10.1. The molecule has 0 fully saturated rings. The van der Waals surface area contributed by atoms with E-state index in [9.17, 15) is 9.59 Å². The zero-order valence-electron chi connectivity index (χ0n) is 12.9. The Balaban J connectivity index is 1.93. The fraction of sp³-hybridized carbons (Fsp3) is 0.111. The number of anilines is 2. The standard InChI is InChI=1S/C18H12Cl2N2O2/c1-21-13-5-3-9(19)7-11(13)17(23)15(21)16-18(24)12-8-10(20)4-6-14(12)22(16)2/h3-8H,1-2H3/b16-15-. The molecule has 0 bridgehead atoms. The van der Waals surface area contributed by atoms with Gasteiger partial charge in [0.25, 0.3) is 0 Å². The summed E-state index contributed by atoms with van der Waals surface area (Å²) in [6, 6.07) is 10.3. The van der Waals surface area contributed by atoms with Gasteiger partial charge in [0.2, 0.25) is 11.6 Å². The minimum absolute atomic E-state index is 0.205. The highest BCUT2D eigenvalue weighted by molar-refractivity contribution is 6.34. The van der Waals surface area contributed by atoms with E-state index in [-0.39, 0.29) is 11.6 Å². The summed E-state index contributed by atoms with van der Waals surface area (Å²) < 4.78 is 0. The maximum absolute atomic E-state index is 12.9. The van der Waals surface area contributed by atoms with Crippen LogP contribution < -0.4 is 9.80 Å². The maximum Gasteiger partial charge on any atom is 0.213 e. The van der Waals surface area contributed by atoms with Gasteiger partial charge in [0.05, 0.1) is 11.4 Å². The molecule has 4 nitrogen and oxygen atoms in total. The molecule has 2 heterocycles. The van der Waals surface area contributed by atoms with Crippen LogP contribution in [-0.4, -0.2) is 25.7 Å². The van der Waals surface area contributed by atoms with Crippen LogP contribution in [0, 0.1) is 0 Å². The zero-order chi connectivity index (χ0) is 17.2. The van der Waals surface area contributed by atoms with Crippen molar-refractivity contribution >= 4 is 46.1 Å². The Morgan fingerprint density at radius 2 is 1.08 bits per heavy atom. The Hall–Kier alpha value is -2.30. The van der Waals surface area contributed by atoms with E-state index in [1.54, 1.807) is 60.3 Å². The van der Waals surface area contributed by atoms with Gasteiger partial charge in [-0.1, -0.05) is 23.2 Å². The van der Waals surface area contributed by atoms with Gasteiger partial charge in [0, 0.05) is 35.3 Å². The van der Waals surface area contributed by atoms with Gasteiger partial charge >= 0.3 is 0 Å². The smallest absolute Gasteiger partial charge is 0.213 e. The van der Waals surface area contributed by atoms with Crippen LogP contribution in [0.3, 0.4) is 0 Å². The molecular weight excluding hydrogens is 347 g/mol. The average Bonchev–Trinajstić information content (AvgIpc) is 2.92. The third-order valence-electron chi connectivity index (χ3n) is 4.45. The van der Waals surface area contributed by atoms with Crippen LogP contribution in [0.15, 0.2) is 47.8 Å². The molecule has 0 saturated carbocycles. The molecule has 0 aromatic heterocycles. The molecule has 0 amide bonds. The van der Waals surface area contributed by atoms with E-state index < -0.39 is 0 Å². The van der Waals surface area contributed by atoms with Crippen LogP contribution in [0.1, 0.15) is 20.7 Å². The van der Waals surface area contributed by atoms with Crippen LogP contribution in [0.25, 0.3) is 0 Å². The third-order valence-corrected chi connectivity index (χ3v) is 4.92. The number of carbonyl (C=O) groups excluding carboxylic acids is 2. The van der Waals surface area contributed by atoms with Gasteiger partial charge in [-0.3, -0.25) is 9.59 Å². The molecule has 2 aromatic carbocycles. The molecule has 0 radical (unpaired) electrons. The molecule has 0 spiro atoms. The number of hydrogen-bond donors (Lipinski definition) is 0. The first-order valence-electron chi connectivity index (χ1n) is 7.30. The Morgan fingerprint density at radius 3 is 1.46 bits per heavy atom. The van der Waals surface area contributed by atoms with Crippen molar-refractivity contribution in [1.82, 2.24) is 0 Å². The molecule has 0 N–H and O–H groups in total.